The van der Waals surface area contributed by atoms with E-state index in [4.69, 9.17) is 4.74 Å². The van der Waals surface area contributed by atoms with Gasteiger partial charge in [0.25, 0.3) is 0 Å². The minimum Gasteiger partial charge on any atom is -0.385 e. The fourth-order valence-corrected chi connectivity index (χ4v) is 1.26. The van der Waals surface area contributed by atoms with Crippen molar-refractivity contribution in [1.29, 1.82) is 0 Å². The summed E-state index contributed by atoms with van der Waals surface area (Å²) in [6.45, 7) is 1.52. The fourth-order valence-electron chi connectivity index (χ4n) is 1.26. The molecule has 1 aromatic rings. The Hall–Kier alpha value is -1.76. The number of unbranched alkanes of at least 4 members (excludes halogenated alkanes) is 2. The Morgan fingerprint density at radius 1 is 1.35 bits per heavy atom. The van der Waals surface area contributed by atoms with Crippen LogP contribution in [0.1, 0.15) is 19.3 Å². The van der Waals surface area contributed by atoms with Crippen molar-refractivity contribution in [2.45, 2.75) is 19.3 Å². The van der Waals surface area contributed by atoms with Crippen LogP contribution in [-0.4, -0.2) is 35.2 Å². The number of anilines is 1. The molecule has 1 N–H and O–H groups in total. The molecular formula is C10H16N4O3. The lowest BCUT2D eigenvalue weighted by Crippen LogP contribution is -2.05. The van der Waals surface area contributed by atoms with Crippen LogP contribution in [0.2, 0.25) is 0 Å². The molecule has 1 aromatic heterocycles. The van der Waals surface area contributed by atoms with Crippen LogP contribution in [0.15, 0.2) is 12.4 Å². The van der Waals surface area contributed by atoms with Crippen LogP contribution in [0.5, 0.6) is 0 Å². The summed E-state index contributed by atoms with van der Waals surface area (Å²) in [6.07, 6.45) is 5.47. The second kappa shape index (κ2) is 7.50. The van der Waals surface area contributed by atoms with Crippen molar-refractivity contribution in [3.05, 3.63) is 22.5 Å². The summed E-state index contributed by atoms with van der Waals surface area (Å²) >= 11 is 0. The topological polar surface area (TPSA) is 90.2 Å². The third-order valence-electron chi connectivity index (χ3n) is 2.16. The Balaban J connectivity index is 2.21. The molecular weight excluding hydrogens is 224 g/mol. The molecule has 0 amide bonds. The second-order valence-corrected chi connectivity index (χ2v) is 3.50. The minimum absolute atomic E-state index is 0.101. The summed E-state index contributed by atoms with van der Waals surface area (Å²) in [6, 6.07) is 0. The molecule has 7 heteroatoms. The molecule has 17 heavy (non-hydrogen) atoms. The fraction of sp³-hybridized carbons (Fsp3) is 0.600. The molecule has 0 atom stereocenters. The monoisotopic (exact) mass is 240 g/mol. The number of rotatable bonds is 8. The molecule has 1 heterocycles. The molecule has 0 aliphatic carbocycles. The van der Waals surface area contributed by atoms with E-state index in [0.29, 0.717) is 5.95 Å². The van der Waals surface area contributed by atoms with Crippen LogP contribution in [0.25, 0.3) is 0 Å². The standard InChI is InChI=1S/C10H16N4O3/c1-17-6-4-2-3-5-11-10-12-7-9(8-13-10)14(15)16/h7-8H,2-6H2,1H3,(H,11,12,13). The van der Waals surface area contributed by atoms with Gasteiger partial charge in [0, 0.05) is 20.3 Å². The number of hydrogen-bond acceptors (Lipinski definition) is 6. The van der Waals surface area contributed by atoms with Gasteiger partial charge >= 0.3 is 5.69 Å². The molecule has 0 aliphatic rings. The maximum Gasteiger partial charge on any atom is 0.305 e. The van der Waals surface area contributed by atoms with Gasteiger partial charge in [0.05, 0.1) is 4.92 Å². The van der Waals surface area contributed by atoms with Gasteiger partial charge in [-0.05, 0) is 19.3 Å². The Kier molecular flexibility index (Phi) is 5.87. The third-order valence-corrected chi connectivity index (χ3v) is 2.16. The average Bonchev–Trinajstić information content (AvgIpc) is 2.34. The van der Waals surface area contributed by atoms with Crippen molar-refractivity contribution in [2.75, 3.05) is 25.6 Å². The maximum atomic E-state index is 10.4. The number of ether oxygens (including phenoxy) is 1. The summed E-state index contributed by atoms with van der Waals surface area (Å²) < 4.78 is 4.93. The van der Waals surface area contributed by atoms with Gasteiger partial charge in [0.15, 0.2) is 0 Å². The molecule has 1 rings (SSSR count). The van der Waals surface area contributed by atoms with Crippen molar-refractivity contribution < 1.29 is 9.66 Å². The van der Waals surface area contributed by atoms with Crippen molar-refractivity contribution in [3.8, 4) is 0 Å². The average molecular weight is 240 g/mol. The van der Waals surface area contributed by atoms with Crippen LogP contribution in [0, 0.1) is 10.1 Å². The summed E-state index contributed by atoms with van der Waals surface area (Å²) in [5, 5.41) is 13.4. The van der Waals surface area contributed by atoms with E-state index in [0.717, 1.165) is 32.4 Å². The van der Waals surface area contributed by atoms with E-state index in [2.05, 4.69) is 15.3 Å². The van der Waals surface area contributed by atoms with E-state index in [1.807, 2.05) is 0 Å². The molecule has 0 aliphatic heterocycles. The minimum atomic E-state index is -0.519. The van der Waals surface area contributed by atoms with Crippen molar-refractivity contribution in [1.82, 2.24) is 9.97 Å². The largest absolute Gasteiger partial charge is 0.385 e. The van der Waals surface area contributed by atoms with Crippen molar-refractivity contribution in [3.63, 3.8) is 0 Å². The highest BCUT2D eigenvalue weighted by Gasteiger charge is 2.05. The lowest BCUT2D eigenvalue weighted by atomic mass is 10.2. The van der Waals surface area contributed by atoms with Gasteiger partial charge in [0.1, 0.15) is 12.4 Å². The number of nitro groups is 1. The van der Waals surface area contributed by atoms with E-state index >= 15 is 0 Å². The van der Waals surface area contributed by atoms with Gasteiger partial charge in [-0.3, -0.25) is 10.1 Å². The SMILES string of the molecule is COCCCCCNc1ncc([N+](=O)[O-])cn1. The Morgan fingerprint density at radius 2 is 2.06 bits per heavy atom. The highest BCUT2D eigenvalue weighted by atomic mass is 16.6. The molecule has 0 spiro atoms. The van der Waals surface area contributed by atoms with E-state index < -0.39 is 4.92 Å². The number of hydrogen-bond donors (Lipinski definition) is 1. The van der Waals surface area contributed by atoms with Gasteiger partial charge in [-0.2, -0.15) is 0 Å². The first-order valence-electron chi connectivity index (χ1n) is 5.43. The molecule has 0 bridgehead atoms. The number of methoxy groups -OCH3 is 1. The zero-order valence-corrected chi connectivity index (χ0v) is 9.76. The summed E-state index contributed by atoms with van der Waals surface area (Å²) in [4.78, 5) is 17.5. The van der Waals surface area contributed by atoms with Crippen molar-refractivity contribution in [2.24, 2.45) is 0 Å². The molecule has 7 nitrogen and oxygen atoms in total. The molecule has 0 unspecified atom stereocenters. The van der Waals surface area contributed by atoms with Gasteiger partial charge < -0.3 is 10.1 Å². The molecule has 94 valence electrons. The first kappa shape index (κ1) is 13.3. The summed E-state index contributed by atoms with van der Waals surface area (Å²) in [5.41, 5.74) is -0.101. The molecule has 0 saturated heterocycles. The quantitative estimate of drug-likeness (QED) is 0.422. The first-order chi connectivity index (χ1) is 8.24. The van der Waals surface area contributed by atoms with Crippen molar-refractivity contribution >= 4 is 11.6 Å². The van der Waals surface area contributed by atoms with E-state index in [9.17, 15) is 10.1 Å². The van der Waals surface area contributed by atoms with Crippen LogP contribution in [0.3, 0.4) is 0 Å². The summed E-state index contributed by atoms with van der Waals surface area (Å²) in [7, 11) is 1.68. The maximum absolute atomic E-state index is 10.4. The molecule has 0 aromatic carbocycles. The van der Waals surface area contributed by atoms with Gasteiger partial charge in [0.2, 0.25) is 5.95 Å². The third kappa shape index (κ3) is 5.21. The Labute approximate surface area is 99.4 Å². The zero-order valence-electron chi connectivity index (χ0n) is 9.76. The Morgan fingerprint density at radius 3 is 2.65 bits per heavy atom. The number of aromatic nitrogens is 2. The predicted octanol–water partition coefficient (Wildman–Crippen LogP) is 1.61. The highest BCUT2D eigenvalue weighted by Crippen LogP contribution is 2.08. The molecule has 0 radical (unpaired) electrons. The zero-order chi connectivity index (χ0) is 12.5. The predicted molar refractivity (Wildman–Crippen MR) is 62.9 cm³/mol. The summed E-state index contributed by atoms with van der Waals surface area (Å²) in [5.74, 6) is 0.419. The Bertz CT molecular complexity index is 342. The second-order valence-electron chi connectivity index (χ2n) is 3.50. The number of nitrogens with zero attached hydrogens (tertiary/aromatic N) is 3. The normalized spacial score (nSPS) is 10.2. The lowest BCUT2D eigenvalue weighted by molar-refractivity contribution is -0.385. The smallest absolute Gasteiger partial charge is 0.305 e. The van der Waals surface area contributed by atoms with Crippen LogP contribution in [-0.2, 0) is 4.74 Å². The van der Waals surface area contributed by atoms with Gasteiger partial charge in [-0.15, -0.1) is 0 Å². The van der Waals surface area contributed by atoms with E-state index in [-0.39, 0.29) is 5.69 Å². The van der Waals surface area contributed by atoms with Crippen LogP contribution in [0.4, 0.5) is 11.6 Å². The van der Waals surface area contributed by atoms with E-state index in [1.165, 1.54) is 12.4 Å². The van der Waals surface area contributed by atoms with Crippen LogP contribution >= 0.6 is 0 Å². The van der Waals surface area contributed by atoms with Gasteiger partial charge in [-0.1, -0.05) is 0 Å². The first-order valence-corrected chi connectivity index (χ1v) is 5.43. The lowest BCUT2D eigenvalue weighted by Gasteiger charge is -2.03. The molecule has 0 saturated carbocycles. The van der Waals surface area contributed by atoms with Crippen LogP contribution < -0.4 is 5.32 Å². The van der Waals surface area contributed by atoms with Gasteiger partial charge in [-0.25, -0.2) is 9.97 Å². The number of nitrogens with one attached hydrogen (secondary N) is 1. The molecule has 0 fully saturated rings. The highest BCUT2D eigenvalue weighted by molar-refractivity contribution is 5.30. The van der Waals surface area contributed by atoms with E-state index in [1.54, 1.807) is 7.11 Å².